The quantitative estimate of drug-likeness (QED) is 0.0245. The minimum atomic E-state index is -1.78. The number of hydrogen-bond donors (Lipinski definition) is 19. The molecule has 15 atom stereocenters. The number of H-pyrrole nitrogens is 2. The number of amides is 17. The SMILES string of the molecule is CCCC[C@H]1C(=O)N(C)[C@@H](CCCC)C(=O)N[C@@H](CCN)C(=O)N[C@H](C(=O)NCC(N)=O)CSCC(=O)N[C@@H](Cc2ccc(O)cc2)C(=O)N(C)[C@@H](C)C(=O)N[C@H](CC(N)=O)C(=O)N2CCC[C@H]2C(=O)N[C@@H](Cc2cnc[nH]2)C(=O)N[C@@H](CC(C)C)C(=O)N2C[C@H](O)C[C@H]2C(=O)N[C@@H](Cc2c[nH]c3ccccc23)C(=O)N[C@@H](CCN)C(=O)N[C@@H](Cc2cn(CC(=O)O)c3ccccc23)C(=O)N1C. The molecule has 0 aliphatic carbocycles. The summed E-state index contributed by atoms with van der Waals surface area (Å²) in [4.78, 5) is 279. The van der Waals surface area contributed by atoms with Gasteiger partial charge in [-0.15, -0.1) is 11.8 Å². The maximum absolute atomic E-state index is 16.0. The number of nitrogens with zero attached hydrogens (tertiary/aromatic N) is 7. The zero-order valence-electron chi connectivity index (χ0n) is 78.2. The number of carboxylic acid groups (broad SMARTS) is 1. The van der Waals surface area contributed by atoms with Crippen molar-refractivity contribution in [2.24, 2.45) is 28.9 Å². The van der Waals surface area contributed by atoms with E-state index in [1.807, 2.05) is 13.8 Å². The van der Waals surface area contributed by atoms with Crippen LogP contribution in [0.2, 0.25) is 0 Å². The van der Waals surface area contributed by atoms with E-state index in [9.17, 15) is 63.3 Å². The molecule has 0 radical (unpaired) electrons. The largest absolute Gasteiger partial charge is 0.508 e. The molecule has 45 heteroatoms. The summed E-state index contributed by atoms with van der Waals surface area (Å²) in [6, 6.07) is -2.43. The van der Waals surface area contributed by atoms with E-state index in [-0.39, 0.29) is 102 Å². The number of aromatic hydroxyl groups is 1. The molecule has 3 aromatic carbocycles. The second-order valence-corrected chi connectivity index (χ2v) is 36.3. The van der Waals surface area contributed by atoms with Crippen LogP contribution in [0, 0.1) is 5.92 Å². The van der Waals surface area contributed by atoms with Crippen molar-refractivity contribution in [2.75, 3.05) is 65.4 Å². The second-order valence-electron chi connectivity index (χ2n) is 35.3. The minimum Gasteiger partial charge on any atom is -0.508 e. The van der Waals surface area contributed by atoms with Gasteiger partial charge in [-0.05, 0) is 112 Å². The van der Waals surface area contributed by atoms with Crippen LogP contribution in [-0.2, 0) is 119 Å². The van der Waals surface area contributed by atoms with E-state index >= 15 is 38.4 Å². The van der Waals surface area contributed by atoms with Gasteiger partial charge >= 0.3 is 5.97 Å². The molecule has 3 fully saturated rings. The lowest BCUT2D eigenvalue weighted by Gasteiger charge is -2.36. The summed E-state index contributed by atoms with van der Waals surface area (Å²) >= 11 is 0.761. The van der Waals surface area contributed by atoms with Crippen LogP contribution in [0.4, 0.5) is 0 Å². The highest BCUT2D eigenvalue weighted by Gasteiger charge is 2.47. The topological polar surface area (TPSA) is 658 Å². The summed E-state index contributed by atoms with van der Waals surface area (Å²) in [5.74, 6) is -18.7. The Hall–Kier alpha value is -13.6. The first-order chi connectivity index (χ1) is 65.2. The molecule has 17 amide bonds. The number of nitrogens with two attached hydrogens (primary N) is 4. The molecule has 0 unspecified atom stereocenters. The molecule has 3 aromatic heterocycles. The molecule has 0 bridgehead atoms. The molecule has 44 nitrogen and oxygen atoms in total. The first kappa shape index (κ1) is 107. The molecular formula is C92H129N23O21S. The van der Waals surface area contributed by atoms with Gasteiger partial charge < -0.3 is 130 Å². The Kier molecular flexibility index (Phi) is 39.8. The normalized spacial score (nSPS) is 24.6. The average molecular weight is 1930 g/mol. The number of imidazole rings is 1. The van der Waals surface area contributed by atoms with Gasteiger partial charge in [0.05, 0.1) is 31.1 Å². The minimum absolute atomic E-state index is 0.0203. The van der Waals surface area contributed by atoms with Crippen LogP contribution >= 0.6 is 11.8 Å². The average Bonchev–Trinajstić information content (AvgIpc) is 1.64. The van der Waals surface area contributed by atoms with Gasteiger partial charge in [0.15, 0.2) is 0 Å². The fourth-order valence-electron chi connectivity index (χ4n) is 17.1. The first-order valence-corrected chi connectivity index (χ1v) is 47.1. The fraction of sp³-hybridized carbons (Fsp3) is 0.533. The predicted octanol–water partition coefficient (Wildman–Crippen LogP) is -2.93. The number of carbonyl (C=O) groups excluding carboxylic acids is 17. The molecule has 6 aromatic rings. The number of phenolic OH excluding ortho intramolecular Hbond substituents is 1. The van der Waals surface area contributed by atoms with Crippen molar-refractivity contribution < 1.29 is 102 Å². The van der Waals surface area contributed by atoms with Crippen LogP contribution in [-0.4, -0.2) is 322 Å². The molecule has 137 heavy (non-hydrogen) atoms. The van der Waals surface area contributed by atoms with Gasteiger partial charge in [0.1, 0.15) is 96.9 Å². The van der Waals surface area contributed by atoms with Crippen LogP contribution in [0.1, 0.15) is 140 Å². The maximum Gasteiger partial charge on any atom is 0.323 e. The van der Waals surface area contributed by atoms with E-state index in [0.717, 1.165) is 36.3 Å². The number of nitrogens with one attached hydrogen (secondary N) is 12. The van der Waals surface area contributed by atoms with E-state index in [1.54, 1.807) is 68.6 Å². The van der Waals surface area contributed by atoms with Crippen LogP contribution in [0.3, 0.4) is 0 Å². The number of carbonyl (C=O) groups is 18. The number of aromatic amines is 2. The van der Waals surface area contributed by atoms with E-state index in [2.05, 4.69) is 68.1 Å². The first-order valence-electron chi connectivity index (χ1n) is 46.0. The number of rotatable bonds is 27. The highest BCUT2D eigenvalue weighted by molar-refractivity contribution is 8.00. The zero-order valence-corrected chi connectivity index (χ0v) is 79.0. The van der Waals surface area contributed by atoms with Gasteiger partial charge in [0, 0.05) is 118 Å². The second kappa shape index (κ2) is 50.9. The number of unbranched alkanes of at least 4 members (excludes halogenated alkanes) is 2. The highest BCUT2D eigenvalue weighted by Crippen LogP contribution is 2.29. The van der Waals surface area contributed by atoms with Gasteiger partial charge in [-0.1, -0.05) is 102 Å². The van der Waals surface area contributed by atoms with Crippen molar-refractivity contribution in [1.29, 1.82) is 0 Å². The number of para-hydroxylation sites is 2. The van der Waals surface area contributed by atoms with E-state index in [0.29, 0.717) is 69.9 Å². The Morgan fingerprint density at radius 1 is 0.562 bits per heavy atom. The van der Waals surface area contributed by atoms with Gasteiger partial charge in [0.25, 0.3) is 0 Å². The molecule has 3 aliphatic heterocycles. The van der Waals surface area contributed by atoms with Crippen molar-refractivity contribution >= 4 is 140 Å². The Balaban J connectivity index is 1.11. The summed E-state index contributed by atoms with van der Waals surface area (Å²) in [7, 11) is 3.87. The standard InChI is InChI=1S/C92H129N23O21S/c1-9-11-21-71-85(129)103-62(30-32-94)82(126)109-69(80(124)99-43-76(96)119)47-137-48-77(120)101-66(35-52-25-27-56(116)28-26-52)88(132)110(6)51(5)79(123)106-68(40-75(95)118)90(134)114-33-17-24-72(114)86(130)105-64(38-55-42-97-49-100-55)84(128)107-65(34-50(3)4)91(135)115-45-57(117)39-74(115)87(131)104-63(36-53-41-98-60-20-15-13-18-58(53)60)83(127)102-61(29-31-93)81(125)108-67(89(133)112(8)73(22-12-10-2)92(136)111(71)7)37-54-44-113(46-78(121)122)70-23-16-14-19-59(54)70/h13-16,18-20,23,25-28,41-42,44,49-51,57,61-69,71-74,98,116-117H,9-12,17,21-22,24,29-40,43,45-48,93-94H2,1-8H3,(H2,95,118)(H2,96,119)(H,97,100)(H,99,124)(H,101,120)(H,102,127)(H,103,129)(H,104,131)(H,105,130)(H,106,123)(H,107,128)(H,108,125)(H,109,126)(H,121,122)/t51-,57+,61-,62-,63-,64-,65-,66-,67-,68+,69-,71-,72-,73-,74-/m0/s1. The molecule has 3 aliphatic rings. The summed E-state index contributed by atoms with van der Waals surface area (Å²) in [5, 5.41) is 59.6. The van der Waals surface area contributed by atoms with Crippen molar-refractivity contribution in [3.63, 3.8) is 0 Å². The lowest BCUT2D eigenvalue weighted by molar-refractivity contribution is -0.149. The number of aromatic nitrogens is 4. The Labute approximate surface area is 796 Å². The molecular weight excluding hydrogens is 1800 g/mol. The Bertz CT molecular complexity index is 5300. The third-order valence-corrected chi connectivity index (χ3v) is 25.6. The van der Waals surface area contributed by atoms with Gasteiger partial charge in [-0.3, -0.25) is 86.3 Å². The molecule has 6 heterocycles. The van der Waals surface area contributed by atoms with Crippen LogP contribution in [0.5, 0.6) is 5.75 Å². The summed E-state index contributed by atoms with van der Waals surface area (Å²) in [6.07, 6.45) is 2.95. The van der Waals surface area contributed by atoms with Crippen molar-refractivity contribution in [3.05, 3.63) is 120 Å². The number of thioether (sulfide) groups is 1. The smallest absolute Gasteiger partial charge is 0.323 e. The summed E-state index contributed by atoms with van der Waals surface area (Å²) in [6.45, 7) is 6.06. The lowest BCUT2D eigenvalue weighted by atomic mass is 9.99. The van der Waals surface area contributed by atoms with Gasteiger partial charge in [0.2, 0.25) is 100 Å². The van der Waals surface area contributed by atoms with Crippen molar-refractivity contribution in [1.82, 2.24) is 97.2 Å². The van der Waals surface area contributed by atoms with Gasteiger partial charge in [-0.25, -0.2) is 4.98 Å². The number of aliphatic hydroxyl groups is 1. The monoisotopic (exact) mass is 1920 g/mol. The molecule has 0 spiro atoms. The molecule has 3 saturated heterocycles. The number of aliphatic carboxylic acids is 1. The number of likely N-dealkylation sites (N-methyl/N-ethyl adjacent to an activating group) is 3. The Morgan fingerprint density at radius 2 is 1.12 bits per heavy atom. The highest BCUT2D eigenvalue weighted by atomic mass is 32.2. The number of carboxylic acids is 1. The van der Waals surface area contributed by atoms with Crippen molar-refractivity contribution in [3.8, 4) is 5.75 Å². The lowest BCUT2D eigenvalue weighted by Crippen LogP contribution is -2.61. The number of fused-ring (bicyclic) bond motifs is 4. The molecule has 0 saturated carbocycles. The summed E-state index contributed by atoms with van der Waals surface area (Å²) < 4.78 is 1.44. The van der Waals surface area contributed by atoms with E-state index in [4.69, 9.17) is 22.9 Å². The van der Waals surface area contributed by atoms with Crippen molar-refractivity contribution in [2.45, 2.75) is 241 Å². The van der Waals surface area contributed by atoms with E-state index in [1.165, 1.54) is 75.6 Å². The third-order valence-electron chi connectivity index (χ3n) is 24.6. The fourth-order valence-corrected chi connectivity index (χ4v) is 18.0. The van der Waals surface area contributed by atoms with Crippen LogP contribution in [0.25, 0.3) is 21.8 Å². The number of hydrogen-bond acceptors (Lipinski definition) is 24. The molecule has 744 valence electrons. The number of phenols is 1. The predicted molar refractivity (Wildman–Crippen MR) is 502 cm³/mol. The molecule has 23 N–H and O–H groups in total. The Morgan fingerprint density at radius 3 is 1.74 bits per heavy atom. The number of benzene rings is 3. The van der Waals surface area contributed by atoms with Crippen LogP contribution < -0.4 is 76.1 Å². The third kappa shape index (κ3) is 29.5. The van der Waals surface area contributed by atoms with Crippen LogP contribution in [0.15, 0.2) is 97.7 Å². The molecule has 9 rings (SSSR count). The number of primary amides is 2. The zero-order chi connectivity index (χ0) is 100. The summed E-state index contributed by atoms with van der Waals surface area (Å²) in [5.41, 5.74) is 26.1. The van der Waals surface area contributed by atoms with Gasteiger partial charge in [-0.2, -0.15) is 0 Å². The number of aliphatic hydroxyl groups excluding tert-OH is 1. The van der Waals surface area contributed by atoms with E-state index < -0.39 is 241 Å². The maximum atomic E-state index is 16.0.